The average molecular weight is 369 g/mol. The molecule has 2 aromatic carbocycles. The molecule has 112 valence electrons. The number of rotatable bonds is 5. The van der Waals surface area contributed by atoms with Crippen LogP contribution >= 0.6 is 27.5 Å². The average Bonchev–Trinajstić information content (AvgIpc) is 2.47. The Bertz CT molecular complexity index is 630. The van der Waals surface area contributed by atoms with Crippen molar-refractivity contribution in [2.24, 2.45) is 0 Å². The molecule has 0 spiro atoms. The van der Waals surface area contributed by atoms with Gasteiger partial charge in [-0.25, -0.2) is 0 Å². The minimum atomic E-state index is -0.00477. The molecule has 0 aliphatic heterocycles. The highest BCUT2D eigenvalue weighted by atomic mass is 79.9. The van der Waals surface area contributed by atoms with Gasteiger partial charge in [0.15, 0.2) is 0 Å². The maximum absolute atomic E-state index is 6.41. The zero-order valence-electron chi connectivity index (χ0n) is 12.4. The summed E-state index contributed by atoms with van der Waals surface area (Å²) in [6, 6.07) is 12.1. The Hall–Kier alpha value is -1.03. The number of nitrogens with one attached hydrogen (secondary N) is 1. The van der Waals surface area contributed by atoms with Crippen LogP contribution in [0, 0.1) is 6.92 Å². The fraction of sp³-hybridized carbons (Fsp3) is 0.294. The summed E-state index contributed by atoms with van der Waals surface area (Å²) in [7, 11) is 1.69. The predicted octanol–water partition coefficient (Wildman–Crippen LogP) is 5.12. The summed E-state index contributed by atoms with van der Waals surface area (Å²) < 4.78 is 6.54. The summed E-state index contributed by atoms with van der Waals surface area (Å²) in [6.07, 6.45) is 0. The zero-order valence-corrected chi connectivity index (χ0v) is 14.8. The number of halogens is 2. The van der Waals surface area contributed by atoms with Crippen molar-refractivity contribution in [1.29, 1.82) is 0 Å². The van der Waals surface area contributed by atoms with Gasteiger partial charge in [0.05, 0.1) is 13.2 Å². The molecule has 1 unspecified atom stereocenters. The zero-order chi connectivity index (χ0) is 15.4. The van der Waals surface area contributed by atoms with Crippen molar-refractivity contribution in [3.63, 3.8) is 0 Å². The fourth-order valence-electron chi connectivity index (χ4n) is 2.41. The molecule has 0 amide bonds. The Morgan fingerprint density at radius 1 is 1.19 bits per heavy atom. The number of benzene rings is 2. The second-order valence-corrected chi connectivity index (χ2v) is 6.22. The molecule has 2 rings (SSSR count). The summed E-state index contributed by atoms with van der Waals surface area (Å²) in [5, 5.41) is 4.24. The van der Waals surface area contributed by atoms with Gasteiger partial charge in [-0.2, -0.15) is 0 Å². The van der Waals surface area contributed by atoms with Crippen molar-refractivity contribution >= 4 is 27.5 Å². The van der Waals surface area contributed by atoms with Gasteiger partial charge in [0.2, 0.25) is 0 Å². The van der Waals surface area contributed by atoms with Crippen LogP contribution < -0.4 is 10.1 Å². The van der Waals surface area contributed by atoms with E-state index in [1.165, 1.54) is 5.56 Å². The molecule has 0 radical (unpaired) electrons. The van der Waals surface area contributed by atoms with Crippen LogP contribution in [0.4, 0.5) is 0 Å². The molecule has 0 aliphatic rings. The number of hydrogen-bond acceptors (Lipinski definition) is 2. The molecule has 2 nitrogen and oxygen atoms in total. The summed E-state index contributed by atoms with van der Waals surface area (Å²) in [6.45, 7) is 5.00. The molecule has 0 fully saturated rings. The van der Waals surface area contributed by atoms with Crippen LogP contribution in [0.3, 0.4) is 0 Å². The Labute approximate surface area is 139 Å². The van der Waals surface area contributed by atoms with E-state index in [1.807, 2.05) is 24.3 Å². The molecule has 0 heterocycles. The Morgan fingerprint density at radius 2 is 1.95 bits per heavy atom. The molecular weight excluding hydrogens is 350 g/mol. The second kappa shape index (κ2) is 7.30. The lowest BCUT2D eigenvalue weighted by atomic mass is 9.96. The molecule has 1 N–H and O–H groups in total. The maximum Gasteiger partial charge on any atom is 0.124 e. The fourth-order valence-corrected chi connectivity index (χ4v) is 3.01. The van der Waals surface area contributed by atoms with Crippen molar-refractivity contribution < 1.29 is 4.74 Å². The summed E-state index contributed by atoms with van der Waals surface area (Å²) in [5.74, 6) is 0.864. The maximum atomic E-state index is 6.41. The van der Waals surface area contributed by atoms with E-state index in [0.29, 0.717) is 0 Å². The number of ether oxygens (including phenoxy) is 1. The molecule has 0 aliphatic carbocycles. The topological polar surface area (TPSA) is 21.3 Å². The predicted molar refractivity (Wildman–Crippen MR) is 92.4 cm³/mol. The van der Waals surface area contributed by atoms with E-state index < -0.39 is 0 Å². The molecule has 1 atom stereocenters. The molecule has 0 aromatic heterocycles. The third-order valence-corrected chi connectivity index (χ3v) is 4.21. The van der Waals surface area contributed by atoms with Gasteiger partial charge < -0.3 is 10.1 Å². The van der Waals surface area contributed by atoms with Crippen LogP contribution in [-0.2, 0) is 0 Å². The highest BCUT2D eigenvalue weighted by molar-refractivity contribution is 9.10. The SMILES string of the molecule is CCNC(c1cc(Br)ccc1Cl)c1cc(C)ccc1OC. The first-order chi connectivity index (χ1) is 10.1. The van der Waals surface area contributed by atoms with E-state index in [-0.39, 0.29) is 6.04 Å². The molecule has 21 heavy (non-hydrogen) atoms. The Kier molecular flexibility index (Phi) is 5.68. The van der Waals surface area contributed by atoms with Gasteiger partial charge in [-0.05, 0) is 43.3 Å². The quantitative estimate of drug-likeness (QED) is 0.791. The van der Waals surface area contributed by atoms with Crippen molar-refractivity contribution in [3.05, 3.63) is 62.6 Å². The summed E-state index contributed by atoms with van der Waals surface area (Å²) >= 11 is 9.93. The second-order valence-electron chi connectivity index (χ2n) is 4.90. The van der Waals surface area contributed by atoms with Gasteiger partial charge in [-0.3, -0.25) is 0 Å². The van der Waals surface area contributed by atoms with Crippen LogP contribution in [0.15, 0.2) is 40.9 Å². The highest BCUT2D eigenvalue weighted by Crippen LogP contribution is 2.35. The van der Waals surface area contributed by atoms with Gasteiger partial charge >= 0.3 is 0 Å². The smallest absolute Gasteiger partial charge is 0.124 e. The minimum Gasteiger partial charge on any atom is -0.496 e. The molecule has 0 saturated carbocycles. The lowest BCUT2D eigenvalue weighted by Crippen LogP contribution is -2.23. The summed E-state index contributed by atoms with van der Waals surface area (Å²) in [4.78, 5) is 0. The minimum absolute atomic E-state index is 0.00477. The van der Waals surface area contributed by atoms with E-state index in [1.54, 1.807) is 7.11 Å². The van der Waals surface area contributed by atoms with Crippen molar-refractivity contribution in [1.82, 2.24) is 5.32 Å². The van der Waals surface area contributed by atoms with Crippen molar-refractivity contribution in [2.45, 2.75) is 19.9 Å². The van der Waals surface area contributed by atoms with Crippen molar-refractivity contribution in [3.8, 4) is 5.75 Å². The number of hydrogen-bond donors (Lipinski definition) is 1. The normalized spacial score (nSPS) is 12.2. The molecule has 0 bridgehead atoms. The van der Waals surface area contributed by atoms with Gasteiger partial charge in [0.25, 0.3) is 0 Å². The van der Waals surface area contributed by atoms with Crippen LogP contribution in [-0.4, -0.2) is 13.7 Å². The van der Waals surface area contributed by atoms with Gasteiger partial charge in [-0.1, -0.05) is 52.2 Å². The Balaban J connectivity index is 2.58. The molecule has 0 saturated heterocycles. The number of methoxy groups -OCH3 is 1. The monoisotopic (exact) mass is 367 g/mol. The van der Waals surface area contributed by atoms with Crippen LogP contribution in [0.25, 0.3) is 0 Å². The van der Waals surface area contributed by atoms with E-state index in [4.69, 9.17) is 16.3 Å². The first kappa shape index (κ1) is 16.3. The first-order valence-corrected chi connectivity index (χ1v) is 8.06. The van der Waals surface area contributed by atoms with Gasteiger partial charge in [0.1, 0.15) is 5.75 Å². The van der Waals surface area contributed by atoms with E-state index in [0.717, 1.165) is 32.9 Å². The molecule has 2 aromatic rings. The van der Waals surface area contributed by atoms with Crippen molar-refractivity contribution in [2.75, 3.05) is 13.7 Å². The third-order valence-electron chi connectivity index (χ3n) is 3.37. The lowest BCUT2D eigenvalue weighted by molar-refractivity contribution is 0.404. The largest absolute Gasteiger partial charge is 0.496 e. The molecular formula is C17H19BrClNO. The standard InChI is InChI=1S/C17H19BrClNO/c1-4-20-17(13-10-12(18)6-7-15(13)19)14-9-11(2)5-8-16(14)21-3/h5-10,17,20H,4H2,1-3H3. The molecule has 4 heteroatoms. The van der Waals surface area contributed by atoms with E-state index >= 15 is 0 Å². The Morgan fingerprint density at radius 3 is 2.62 bits per heavy atom. The van der Waals surface area contributed by atoms with Gasteiger partial charge in [-0.15, -0.1) is 0 Å². The van der Waals surface area contributed by atoms with E-state index in [9.17, 15) is 0 Å². The highest BCUT2D eigenvalue weighted by Gasteiger charge is 2.20. The number of aryl methyl sites for hydroxylation is 1. The van der Waals surface area contributed by atoms with Crippen LogP contribution in [0.2, 0.25) is 5.02 Å². The van der Waals surface area contributed by atoms with E-state index in [2.05, 4.69) is 47.2 Å². The van der Waals surface area contributed by atoms with Crippen LogP contribution in [0.1, 0.15) is 29.7 Å². The summed E-state index contributed by atoms with van der Waals surface area (Å²) in [5.41, 5.74) is 3.33. The lowest BCUT2D eigenvalue weighted by Gasteiger charge is -2.23. The van der Waals surface area contributed by atoms with Gasteiger partial charge in [0, 0.05) is 15.1 Å². The van der Waals surface area contributed by atoms with Crippen LogP contribution in [0.5, 0.6) is 5.75 Å². The third kappa shape index (κ3) is 3.79. The first-order valence-electron chi connectivity index (χ1n) is 6.89.